The summed E-state index contributed by atoms with van der Waals surface area (Å²) in [5.74, 6) is -2.63. The zero-order valence-corrected chi connectivity index (χ0v) is 23.7. The molecule has 2 bridgehead atoms. The molecule has 1 N–H and O–H groups in total. The number of aliphatic hydroxyl groups excluding tert-OH is 1. The van der Waals surface area contributed by atoms with Gasteiger partial charge in [0.2, 0.25) is 11.8 Å². The molecule has 8 heteroatoms. The van der Waals surface area contributed by atoms with Gasteiger partial charge in [-0.25, -0.2) is 0 Å². The van der Waals surface area contributed by atoms with Crippen LogP contribution in [0, 0.1) is 23.7 Å². The normalized spacial score (nSPS) is 33.4. The molecule has 3 rings (SSSR count). The zero-order chi connectivity index (χ0) is 27.9. The zero-order valence-electron chi connectivity index (χ0n) is 23.7. The van der Waals surface area contributed by atoms with E-state index in [1.165, 1.54) is 0 Å². The van der Waals surface area contributed by atoms with E-state index in [4.69, 9.17) is 9.47 Å². The number of esters is 1. The molecule has 2 amide bonds. The number of carbonyl (C=O) groups is 3. The number of nitrogens with zero attached hydrogens (tertiary/aromatic N) is 2. The molecule has 0 aromatic rings. The summed E-state index contributed by atoms with van der Waals surface area (Å²) in [7, 11) is 0. The Balaban J connectivity index is 2.17. The van der Waals surface area contributed by atoms with Gasteiger partial charge in [0, 0.05) is 12.1 Å². The molecule has 3 fully saturated rings. The van der Waals surface area contributed by atoms with Crippen molar-refractivity contribution in [2.75, 3.05) is 19.8 Å². The first-order valence-electron chi connectivity index (χ1n) is 13.5. The summed E-state index contributed by atoms with van der Waals surface area (Å²) in [6.07, 6.45) is 4.84. The fraction of sp³-hybridized carbons (Fsp3) is 0.759. The minimum absolute atomic E-state index is 0.0797. The predicted molar refractivity (Wildman–Crippen MR) is 141 cm³/mol. The van der Waals surface area contributed by atoms with Gasteiger partial charge in [-0.2, -0.15) is 0 Å². The van der Waals surface area contributed by atoms with Crippen molar-refractivity contribution >= 4 is 17.8 Å². The Morgan fingerprint density at radius 1 is 1.30 bits per heavy atom. The molecule has 3 unspecified atom stereocenters. The number of hydrogen-bond acceptors (Lipinski definition) is 6. The van der Waals surface area contributed by atoms with Crippen LogP contribution in [0.5, 0.6) is 0 Å². The number of ether oxygens (including phenoxy) is 2. The quantitative estimate of drug-likeness (QED) is 0.256. The van der Waals surface area contributed by atoms with Gasteiger partial charge in [-0.1, -0.05) is 32.9 Å². The first kappa shape index (κ1) is 29.4. The van der Waals surface area contributed by atoms with Crippen molar-refractivity contribution in [3.05, 3.63) is 25.3 Å². The minimum Gasteiger partial charge on any atom is -0.465 e. The van der Waals surface area contributed by atoms with Crippen molar-refractivity contribution in [2.24, 2.45) is 23.7 Å². The molecule has 0 aliphatic carbocycles. The van der Waals surface area contributed by atoms with Crippen LogP contribution in [0.4, 0.5) is 0 Å². The molecule has 7 atom stereocenters. The fourth-order valence-electron chi connectivity index (χ4n) is 6.83. The van der Waals surface area contributed by atoms with Gasteiger partial charge >= 0.3 is 5.97 Å². The third kappa shape index (κ3) is 4.76. The monoisotopic (exact) mass is 518 g/mol. The Bertz CT molecular complexity index is 926. The van der Waals surface area contributed by atoms with Gasteiger partial charge in [-0.15, -0.1) is 13.2 Å². The molecule has 1 spiro atoms. The van der Waals surface area contributed by atoms with Crippen molar-refractivity contribution in [1.82, 2.24) is 9.80 Å². The van der Waals surface area contributed by atoms with E-state index in [9.17, 15) is 19.5 Å². The lowest BCUT2D eigenvalue weighted by atomic mass is 9.62. The first-order chi connectivity index (χ1) is 17.2. The van der Waals surface area contributed by atoms with Crippen LogP contribution in [-0.4, -0.2) is 81.3 Å². The lowest BCUT2D eigenvalue weighted by molar-refractivity contribution is -0.164. The Morgan fingerprint density at radius 2 is 1.95 bits per heavy atom. The fourth-order valence-corrected chi connectivity index (χ4v) is 6.83. The van der Waals surface area contributed by atoms with E-state index in [1.807, 2.05) is 48.5 Å². The Labute approximate surface area is 222 Å². The second-order valence-corrected chi connectivity index (χ2v) is 12.6. The molecule has 3 heterocycles. The molecule has 8 nitrogen and oxygen atoms in total. The van der Waals surface area contributed by atoms with Crippen LogP contribution in [0.15, 0.2) is 25.3 Å². The van der Waals surface area contributed by atoms with E-state index < -0.39 is 46.6 Å². The van der Waals surface area contributed by atoms with Crippen LogP contribution in [0.2, 0.25) is 0 Å². The molecule has 3 saturated heterocycles. The Kier molecular flexibility index (Phi) is 8.35. The average Bonchev–Trinajstić information content (AvgIpc) is 3.31. The van der Waals surface area contributed by atoms with Crippen LogP contribution in [0.25, 0.3) is 0 Å². The minimum atomic E-state index is -1.18. The van der Waals surface area contributed by atoms with E-state index in [0.29, 0.717) is 25.8 Å². The summed E-state index contributed by atoms with van der Waals surface area (Å²) in [6, 6.07) is -1.54. The third-order valence-electron chi connectivity index (χ3n) is 8.54. The smallest absolute Gasteiger partial charge is 0.312 e. The standard InChI is InChI=1S/C29H46N2O6/c1-10-12-14-36-26(35)22-21-24(33)31(20(17-32)15-18(3)4)23(25(34)30(13-11-2)27(6,7)8)29(21)16-19(5)28(22,9)37-29/h10-11,18-23,32H,1-2,12-17H2,3-9H3/t19?,20-,21+,22+,23?,28-,29?/m1/s1. The second-order valence-electron chi connectivity index (χ2n) is 12.6. The molecule has 0 aromatic heterocycles. The third-order valence-corrected chi connectivity index (χ3v) is 8.54. The average molecular weight is 519 g/mol. The summed E-state index contributed by atoms with van der Waals surface area (Å²) in [5, 5.41) is 10.4. The first-order valence-corrected chi connectivity index (χ1v) is 13.5. The second kappa shape index (κ2) is 10.5. The van der Waals surface area contributed by atoms with Crippen LogP contribution >= 0.6 is 0 Å². The predicted octanol–water partition coefficient (Wildman–Crippen LogP) is 3.34. The number of hydrogen-bond donors (Lipinski definition) is 1. The highest BCUT2D eigenvalue weighted by molar-refractivity contribution is 5.99. The highest BCUT2D eigenvalue weighted by atomic mass is 16.6. The summed E-state index contributed by atoms with van der Waals surface area (Å²) in [6.45, 7) is 21.4. The maximum Gasteiger partial charge on any atom is 0.312 e. The molecule has 0 saturated carbocycles. The summed E-state index contributed by atoms with van der Waals surface area (Å²) in [4.78, 5) is 45.5. The SMILES string of the molecule is C=CCCOC(=O)[C@@H]1[C@H]2C(=O)N([C@@H](CO)CC(C)C)C(C(=O)N(CC=C)C(C)(C)C)C23CC(C)[C@@]1(C)O3. The van der Waals surface area contributed by atoms with Gasteiger partial charge < -0.3 is 24.4 Å². The number of aliphatic hydroxyl groups is 1. The number of carbonyl (C=O) groups excluding carboxylic acids is 3. The van der Waals surface area contributed by atoms with Crippen molar-refractivity contribution in [2.45, 2.75) is 96.6 Å². The van der Waals surface area contributed by atoms with Crippen LogP contribution < -0.4 is 0 Å². The number of likely N-dealkylation sites (tertiary alicyclic amines) is 1. The highest BCUT2D eigenvalue weighted by Gasteiger charge is 2.80. The molecule has 3 aliphatic heterocycles. The van der Waals surface area contributed by atoms with Crippen LogP contribution in [0.1, 0.15) is 67.7 Å². The van der Waals surface area contributed by atoms with Gasteiger partial charge in [-0.3, -0.25) is 14.4 Å². The lowest BCUT2D eigenvalue weighted by Crippen LogP contribution is -2.61. The largest absolute Gasteiger partial charge is 0.465 e. The number of amides is 2. The topological polar surface area (TPSA) is 96.4 Å². The summed E-state index contributed by atoms with van der Waals surface area (Å²) < 4.78 is 12.3. The van der Waals surface area contributed by atoms with Crippen molar-refractivity contribution in [3.63, 3.8) is 0 Å². The van der Waals surface area contributed by atoms with Gasteiger partial charge in [-0.05, 0) is 58.8 Å². The van der Waals surface area contributed by atoms with Gasteiger partial charge in [0.05, 0.1) is 30.8 Å². The molecule has 37 heavy (non-hydrogen) atoms. The van der Waals surface area contributed by atoms with Crippen LogP contribution in [-0.2, 0) is 23.9 Å². The maximum absolute atomic E-state index is 14.5. The van der Waals surface area contributed by atoms with E-state index >= 15 is 0 Å². The van der Waals surface area contributed by atoms with Crippen molar-refractivity contribution in [1.29, 1.82) is 0 Å². The van der Waals surface area contributed by atoms with Gasteiger partial charge in [0.25, 0.3) is 0 Å². The highest BCUT2D eigenvalue weighted by Crippen LogP contribution is 2.65. The van der Waals surface area contributed by atoms with Crippen LogP contribution in [0.3, 0.4) is 0 Å². The van der Waals surface area contributed by atoms with Gasteiger partial charge in [0.1, 0.15) is 17.6 Å². The van der Waals surface area contributed by atoms with Crippen molar-refractivity contribution < 1.29 is 29.0 Å². The van der Waals surface area contributed by atoms with Gasteiger partial charge in [0.15, 0.2) is 0 Å². The number of rotatable bonds is 11. The molecular weight excluding hydrogens is 472 g/mol. The molecule has 0 aromatic carbocycles. The van der Waals surface area contributed by atoms with E-state index in [-0.39, 0.29) is 36.9 Å². The summed E-state index contributed by atoms with van der Waals surface area (Å²) in [5.41, 5.74) is -2.66. The number of fused-ring (bicyclic) bond motifs is 1. The van der Waals surface area contributed by atoms with E-state index in [1.54, 1.807) is 22.0 Å². The Morgan fingerprint density at radius 3 is 2.46 bits per heavy atom. The Hall–Kier alpha value is -2.19. The molecular formula is C29H46N2O6. The van der Waals surface area contributed by atoms with E-state index in [2.05, 4.69) is 13.2 Å². The lowest BCUT2D eigenvalue weighted by Gasteiger charge is -2.43. The molecule has 0 radical (unpaired) electrons. The maximum atomic E-state index is 14.5. The van der Waals surface area contributed by atoms with E-state index in [0.717, 1.165) is 0 Å². The summed E-state index contributed by atoms with van der Waals surface area (Å²) >= 11 is 0. The molecule has 3 aliphatic rings. The van der Waals surface area contributed by atoms with Crippen molar-refractivity contribution in [3.8, 4) is 0 Å². The molecule has 208 valence electrons.